The summed E-state index contributed by atoms with van der Waals surface area (Å²) in [5.41, 5.74) is 1.58. The number of nitrogens with zero attached hydrogens (tertiary/aromatic N) is 4. The zero-order valence-electron chi connectivity index (χ0n) is 16.7. The molecule has 30 heavy (non-hydrogen) atoms. The average Bonchev–Trinajstić information content (AvgIpc) is 3.12. The zero-order chi connectivity index (χ0) is 20.5. The van der Waals surface area contributed by atoms with Crippen molar-refractivity contribution in [1.82, 2.24) is 19.5 Å². The van der Waals surface area contributed by atoms with Gasteiger partial charge in [-0.3, -0.25) is 4.79 Å². The summed E-state index contributed by atoms with van der Waals surface area (Å²) < 4.78 is 22.1. The molecule has 1 aliphatic carbocycles. The van der Waals surface area contributed by atoms with Gasteiger partial charge in [-0.25, -0.2) is 13.9 Å². The largest absolute Gasteiger partial charge is 0.492 e. The summed E-state index contributed by atoms with van der Waals surface area (Å²) in [7, 11) is 0. The van der Waals surface area contributed by atoms with E-state index >= 15 is 0 Å². The van der Waals surface area contributed by atoms with Crippen LogP contribution in [0.2, 0.25) is 0 Å². The molecule has 0 unspecified atom stereocenters. The van der Waals surface area contributed by atoms with E-state index in [1.807, 2.05) is 11.0 Å². The van der Waals surface area contributed by atoms with Gasteiger partial charge >= 0.3 is 0 Å². The molecule has 0 radical (unpaired) electrons. The Hall–Kier alpha value is -3.16. The van der Waals surface area contributed by atoms with Crippen LogP contribution in [0.4, 0.5) is 10.2 Å². The second-order valence-corrected chi connectivity index (χ2v) is 7.86. The Morgan fingerprint density at radius 1 is 1.17 bits per heavy atom. The van der Waals surface area contributed by atoms with Crippen molar-refractivity contribution in [3.8, 4) is 16.9 Å². The van der Waals surface area contributed by atoms with Crippen LogP contribution in [0.25, 0.3) is 16.8 Å². The molecule has 1 amide bonds. The van der Waals surface area contributed by atoms with Gasteiger partial charge in [-0.2, -0.15) is 5.10 Å². The first kappa shape index (κ1) is 18.8. The predicted octanol–water partition coefficient (Wildman–Crippen LogP) is 3.36. The molecule has 1 N–H and O–H groups in total. The number of hydrogen-bond donors (Lipinski definition) is 1. The van der Waals surface area contributed by atoms with Gasteiger partial charge in [-0.05, 0) is 43.5 Å². The number of rotatable bonds is 1. The number of carbonyl (C=O) groups excluding carboxylic acids is 1. The van der Waals surface area contributed by atoms with E-state index < -0.39 is 0 Å². The molecule has 3 aromatic rings. The molecular formula is C22H24FN5O2. The van der Waals surface area contributed by atoms with E-state index in [0.717, 1.165) is 25.7 Å². The Labute approximate surface area is 173 Å². The number of carbonyl (C=O) groups is 1. The molecule has 8 heteroatoms. The predicted molar refractivity (Wildman–Crippen MR) is 111 cm³/mol. The molecule has 1 aliphatic heterocycles. The van der Waals surface area contributed by atoms with Crippen LogP contribution in [-0.2, 0) is 4.79 Å². The first-order chi connectivity index (χ1) is 14.7. The molecule has 1 aromatic carbocycles. The number of amides is 1. The number of hydrogen-bond acceptors (Lipinski definition) is 5. The summed E-state index contributed by atoms with van der Waals surface area (Å²) in [6.07, 6.45) is 7.31. The highest BCUT2D eigenvalue weighted by molar-refractivity contribution is 5.80. The van der Waals surface area contributed by atoms with Crippen LogP contribution >= 0.6 is 0 Å². The molecule has 156 valence electrons. The molecule has 7 nitrogen and oxygen atoms in total. The maximum Gasteiger partial charge on any atom is 0.225 e. The molecule has 5 rings (SSSR count). The average molecular weight is 409 g/mol. The second-order valence-electron chi connectivity index (χ2n) is 7.86. The van der Waals surface area contributed by atoms with E-state index in [9.17, 15) is 9.18 Å². The zero-order valence-corrected chi connectivity index (χ0v) is 16.7. The highest BCUT2D eigenvalue weighted by atomic mass is 19.1. The summed E-state index contributed by atoms with van der Waals surface area (Å²) in [4.78, 5) is 19.3. The van der Waals surface area contributed by atoms with Crippen molar-refractivity contribution in [1.29, 1.82) is 0 Å². The highest BCUT2D eigenvalue weighted by Crippen LogP contribution is 2.31. The minimum atomic E-state index is -0.358. The van der Waals surface area contributed by atoms with Gasteiger partial charge in [0.15, 0.2) is 5.65 Å². The van der Waals surface area contributed by atoms with Gasteiger partial charge in [0, 0.05) is 36.3 Å². The molecule has 0 spiro atoms. The van der Waals surface area contributed by atoms with E-state index in [2.05, 4.69) is 15.4 Å². The SMILES string of the molecule is O=C(C1CCC1)N1CCCNc2ccn3ncc(c3n2)-c2cc(ccc2F)OCC1. The smallest absolute Gasteiger partial charge is 0.225 e. The van der Waals surface area contributed by atoms with E-state index in [0.29, 0.717) is 54.6 Å². The first-order valence-corrected chi connectivity index (χ1v) is 10.5. The molecule has 1 saturated carbocycles. The van der Waals surface area contributed by atoms with Crippen LogP contribution in [0.1, 0.15) is 25.7 Å². The van der Waals surface area contributed by atoms with Gasteiger partial charge in [0.1, 0.15) is 24.0 Å². The third-order valence-electron chi connectivity index (χ3n) is 5.90. The number of halogens is 1. The fourth-order valence-electron chi connectivity index (χ4n) is 3.96. The number of fused-ring (bicyclic) bond motifs is 4. The first-order valence-electron chi connectivity index (χ1n) is 10.5. The molecule has 2 aliphatic rings. The Morgan fingerprint density at radius 2 is 2.07 bits per heavy atom. The summed E-state index contributed by atoms with van der Waals surface area (Å²) in [6.45, 7) is 2.24. The molecular weight excluding hydrogens is 385 g/mol. The molecule has 1 fully saturated rings. The Bertz CT molecular complexity index is 1080. The number of anilines is 1. The lowest BCUT2D eigenvalue weighted by Crippen LogP contribution is -2.42. The maximum absolute atomic E-state index is 14.6. The van der Waals surface area contributed by atoms with Gasteiger partial charge in [-0.1, -0.05) is 6.42 Å². The Balaban J connectivity index is 1.47. The van der Waals surface area contributed by atoms with Gasteiger partial charge in [0.25, 0.3) is 0 Å². The summed E-state index contributed by atoms with van der Waals surface area (Å²) in [6, 6.07) is 6.52. The third-order valence-corrected chi connectivity index (χ3v) is 5.90. The Morgan fingerprint density at radius 3 is 2.90 bits per heavy atom. The normalized spacial score (nSPS) is 17.6. The van der Waals surface area contributed by atoms with E-state index in [1.165, 1.54) is 6.07 Å². The topological polar surface area (TPSA) is 71.8 Å². The minimum absolute atomic E-state index is 0.153. The van der Waals surface area contributed by atoms with Crippen LogP contribution in [0.3, 0.4) is 0 Å². The van der Waals surface area contributed by atoms with Gasteiger partial charge in [-0.15, -0.1) is 0 Å². The van der Waals surface area contributed by atoms with Crippen molar-refractivity contribution in [3.63, 3.8) is 0 Å². The van der Waals surface area contributed by atoms with Crippen LogP contribution in [0.5, 0.6) is 5.75 Å². The second kappa shape index (κ2) is 7.93. The molecule has 3 heterocycles. The molecule has 2 aromatic heterocycles. The van der Waals surface area contributed by atoms with Crippen LogP contribution < -0.4 is 10.1 Å². The lowest BCUT2D eigenvalue weighted by molar-refractivity contribution is -0.138. The standard InChI is InChI=1S/C22H24FN5O2/c23-19-6-5-16-13-17(19)18-14-25-28-10-7-20(26-21(18)28)24-8-2-9-27(11-12-30-16)22(29)15-3-1-4-15/h5-7,10,13-15H,1-4,8-9,11-12H2,(H,24,26). The lowest BCUT2D eigenvalue weighted by Gasteiger charge is -2.31. The van der Waals surface area contributed by atoms with Crippen molar-refractivity contribution < 1.29 is 13.9 Å². The lowest BCUT2D eigenvalue weighted by atomic mass is 9.84. The van der Waals surface area contributed by atoms with Gasteiger partial charge in [0.2, 0.25) is 5.91 Å². The third kappa shape index (κ3) is 3.58. The van der Waals surface area contributed by atoms with Gasteiger partial charge in [0.05, 0.1) is 12.7 Å². The number of aromatic nitrogens is 3. The van der Waals surface area contributed by atoms with Crippen LogP contribution in [-0.4, -0.2) is 51.6 Å². The fourth-order valence-corrected chi connectivity index (χ4v) is 3.96. The van der Waals surface area contributed by atoms with E-state index in [1.54, 1.807) is 29.0 Å². The molecule has 0 saturated heterocycles. The van der Waals surface area contributed by atoms with Crippen LogP contribution in [0, 0.1) is 11.7 Å². The molecule has 0 atom stereocenters. The number of nitrogens with one attached hydrogen (secondary N) is 1. The van der Waals surface area contributed by atoms with Crippen molar-refractivity contribution in [2.45, 2.75) is 25.7 Å². The summed E-state index contributed by atoms with van der Waals surface area (Å²) in [5, 5.41) is 7.61. The summed E-state index contributed by atoms with van der Waals surface area (Å²) >= 11 is 0. The van der Waals surface area contributed by atoms with Crippen molar-refractivity contribution >= 4 is 17.4 Å². The van der Waals surface area contributed by atoms with Gasteiger partial charge < -0.3 is 15.0 Å². The maximum atomic E-state index is 14.6. The number of ether oxygens (including phenoxy) is 1. The monoisotopic (exact) mass is 409 g/mol. The van der Waals surface area contributed by atoms with Crippen molar-refractivity contribution in [2.75, 3.05) is 31.6 Å². The highest BCUT2D eigenvalue weighted by Gasteiger charge is 2.29. The summed E-state index contributed by atoms with van der Waals surface area (Å²) in [5.74, 6) is 1.27. The quantitative estimate of drug-likeness (QED) is 0.667. The van der Waals surface area contributed by atoms with Crippen molar-refractivity contribution in [2.24, 2.45) is 5.92 Å². The number of benzene rings is 1. The van der Waals surface area contributed by atoms with E-state index in [-0.39, 0.29) is 17.6 Å². The van der Waals surface area contributed by atoms with Crippen LogP contribution in [0.15, 0.2) is 36.7 Å². The minimum Gasteiger partial charge on any atom is -0.492 e. The van der Waals surface area contributed by atoms with E-state index in [4.69, 9.17) is 4.74 Å². The Kier molecular flexibility index (Phi) is 4.98. The fraction of sp³-hybridized carbons (Fsp3) is 0.409. The van der Waals surface area contributed by atoms with Crippen molar-refractivity contribution in [3.05, 3.63) is 42.5 Å². The molecule has 4 bridgehead atoms.